The van der Waals surface area contributed by atoms with Crippen LogP contribution in [-0.2, 0) is 11.4 Å². The number of anilines is 2. The fourth-order valence-corrected chi connectivity index (χ4v) is 8.67. The summed E-state index contributed by atoms with van der Waals surface area (Å²) in [6, 6.07) is 12.2. The van der Waals surface area contributed by atoms with Gasteiger partial charge in [-0.1, -0.05) is 12.1 Å². The number of aromatic nitrogens is 3. The van der Waals surface area contributed by atoms with Crippen LogP contribution in [0.5, 0.6) is 5.88 Å². The van der Waals surface area contributed by atoms with Crippen molar-refractivity contribution in [2.24, 2.45) is 23.2 Å². The van der Waals surface area contributed by atoms with Crippen molar-refractivity contribution in [1.29, 1.82) is 0 Å². The first-order valence-electron chi connectivity index (χ1n) is 16.5. The number of nitrogens with zero attached hydrogens (tertiary/aromatic N) is 5. The Labute approximate surface area is 260 Å². The molecule has 4 aliphatic carbocycles. The van der Waals surface area contributed by atoms with Crippen LogP contribution in [0, 0.1) is 23.2 Å². The number of rotatable bonds is 11. The molecule has 1 saturated heterocycles. The van der Waals surface area contributed by atoms with Crippen LogP contribution in [0.4, 0.5) is 11.5 Å². The van der Waals surface area contributed by atoms with Gasteiger partial charge in [-0.2, -0.15) is 0 Å². The maximum absolute atomic E-state index is 12.7. The van der Waals surface area contributed by atoms with Gasteiger partial charge < -0.3 is 20.7 Å². The van der Waals surface area contributed by atoms with E-state index in [1.54, 1.807) is 18.6 Å². The highest BCUT2D eigenvalue weighted by Crippen LogP contribution is 2.59. The summed E-state index contributed by atoms with van der Waals surface area (Å²) in [5.41, 5.74) is 10.3. The van der Waals surface area contributed by atoms with E-state index >= 15 is 0 Å². The van der Waals surface area contributed by atoms with E-state index in [9.17, 15) is 4.79 Å². The number of hydrogen-bond acceptors (Lipinski definition) is 8. The SMILES string of the molecule is Nc1ncc(-c2ccc(N3CCN(CCCC(=O)NCC45CC6CC(CC(C6)C4)C5)CC3)cc2)nc1OCc1ccncc1. The van der Waals surface area contributed by atoms with Gasteiger partial charge in [-0.05, 0) is 104 Å². The molecule has 0 spiro atoms. The maximum atomic E-state index is 12.7. The molecule has 1 aromatic carbocycles. The lowest BCUT2D eigenvalue weighted by Gasteiger charge is -2.56. The van der Waals surface area contributed by atoms with Gasteiger partial charge in [-0.15, -0.1) is 0 Å². The average Bonchev–Trinajstić information content (AvgIpc) is 3.04. The van der Waals surface area contributed by atoms with E-state index in [1.807, 2.05) is 12.1 Å². The van der Waals surface area contributed by atoms with Crippen molar-refractivity contribution in [1.82, 2.24) is 25.2 Å². The van der Waals surface area contributed by atoms with Crippen molar-refractivity contribution < 1.29 is 9.53 Å². The molecule has 0 radical (unpaired) electrons. The number of nitrogen functional groups attached to an aromatic ring is 1. The number of carbonyl (C=O) groups excluding carboxylic acids is 1. The van der Waals surface area contributed by atoms with Crippen LogP contribution in [0.2, 0.25) is 0 Å². The fraction of sp³-hybridized carbons (Fsp3) is 0.543. The number of hydrogen-bond donors (Lipinski definition) is 2. The summed E-state index contributed by atoms with van der Waals surface area (Å²) in [5.74, 6) is 3.66. The summed E-state index contributed by atoms with van der Waals surface area (Å²) < 4.78 is 5.85. The van der Waals surface area contributed by atoms with Crippen LogP contribution in [0.3, 0.4) is 0 Å². The molecule has 4 bridgehead atoms. The van der Waals surface area contributed by atoms with Gasteiger partial charge in [0.05, 0.1) is 11.9 Å². The third-order valence-corrected chi connectivity index (χ3v) is 10.5. The van der Waals surface area contributed by atoms with Crippen molar-refractivity contribution in [3.05, 3.63) is 60.6 Å². The van der Waals surface area contributed by atoms with E-state index in [-0.39, 0.29) is 11.7 Å². The lowest BCUT2D eigenvalue weighted by Crippen LogP contribution is -2.51. The summed E-state index contributed by atoms with van der Waals surface area (Å²) in [7, 11) is 0. The van der Waals surface area contributed by atoms with Crippen molar-refractivity contribution in [3.63, 3.8) is 0 Å². The van der Waals surface area contributed by atoms with Gasteiger partial charge in [0, 0.05) is 62.8 Å². The normalized spacial score (nSPS) is 26.1. The van der Waals surface area contributed by atoms with E-state index in [0.717, 1.165) is 80.3 Å². The lowest BCUT2D eigenvalue weighted by atomic mass is 9.49. The monoisotopic (exact) mass is 595 g/mol. The number of nitrogens with two attached hydrogens (primary N) is 1. The molecule has 9 heteroatoms. The van der Waals surface area contributed by atoms with E-state index < -0.39 is 0 Å². The highest BCUT2D eigenvalue weighted by atomic mass is 16.5. The van der Waals surface area contributed by atoms with Crippen molar-refractivity contribution in [2.75, 3.05) is 49.9 Å². The summed E-state index contributed by atoms with van der Waals surface area (Å²) in [6.45, 7) is 6.23. The quantitative estimate of drug-likeness (QED) is 0.321. The summed E-state index contributed by atoms with van der Waals surface area (Å²) in [5, 5.41) is 3.35. The molecule has 4 saturated carbocycles. The zero-order valence-corrected chi connectivity index (χ0v) is 25.7. The van der Waals surface area contributed by atoms with Gasteiger partial charge in [0.25, 0.3) is 5.88 Å². The van der Waals surface area contributed by atoms with Gasteiger partial charge in [0.15, 0.2) is 5.82 Å². The standard InChI is InChI=1S/C35H45N7O2/c36-33-34(44-23-25-7-9-37-10-8-25)40-31(22-38-33)29-3-5-30(6-4-29)42-14-12-41(13-15-42)11-1-2-32(43)39-24-35-19-26-16-27(20-35)18-28(17-26)21-35/h3-10,22,26-28H,1-2,11-21,23-24H2,(H2,36,38)(H,39,43). The second kappa shape index (κ2) is 12.7. The minimum Gasteiger partial charge on any atom is -0.470 e. The zero-order valence-electron chi connectivity index (χ0n) is 25.7. The third kappa shape index (κ3) is 6.67. The Morgan fingerprint density at radius 2 is 1.64 bits per heavy atom. The van der Waals surface area contributed by atoms with E-state index in [2.05, 4.69) is 54.3 Å². The number of amides is 1. The van der Waals surface area contributed by atoms with E-state index in [0.29, 0.717) is 24.3 Å². The third-order valence-electron chi connectivity index (χ3n) is 10.5. The number of pyridine rings is 1. The molecule has 44 heavy (non-hydrogen) atoms. The summed E-state index contributed by atoms with van der Waals surface area (Å²) in [4.78, 5) is 30.6. The number of piperazine rings is 1. The lowest BCUT2D eigenvalue weighted by molar-refractivity contribution is -0.123. The minimum atomic E-state index is 0.248. The first-order chi connectivity index (χ1) is 21.5. The second-order valence-electron chi connectivity index (χ2n) is 13.8. The summed E-state index contributed by atoms with van der Waals surface area (Å²) >= 11 is 0. The minimum absolute atomic E-state index is 0.248. The Kier molecular flexibility index (Phi) is 8.39. The van der Waals surface area contributed by atoms with Gasteiger partial charge in [-0.25, -0.2) is 9.97 Å². The number of nitrogens with one attached hydrogen (secondary N) is 1. The van der Waals surface area contributed by atoms with Crippen LogP contribution in [0.15, 0.2) is 55.0 Å². The Morgan fingerprint density at radius 1 is 0.955 bits per heavy atom. The Morgan fingerprint density at radius 3 is 2.32 bits per heavy atom. The van der Waals surface area contributed by atoms with E-state index in [4.69, 9.17) is 10.5 Å². The van der Waals surface area contributed by atoms with Gasteiger partial charge in [0.2, 0.25) is 5.91 Å². The van der Waals surface area contributed by atoms with Gasteiger partial charge in [-0.3, -0.25) is 14.7 Å². The van der Waals surface area contributed by atoms with Crippen molar-refractivity contribution in [3.8, 4) is 17.1 Å². The van der Waals surface area contributed by atoms with Crippen LogP contribution < -0.4 is 20.7 Å². The molecule has 3 heterocycles. The van der Waals surface area contributed by atoms with Gasteiger partial charge in [0.1, 0.15) is 6.61 Å². The fourth-order valence-electron chi connectivity index (χ4n) is 8.67. The van der Waals surface area contributed by atoms with Crippen LogP contribution in [0.1, 0.15) is 56.9 Å². The predicted octanol–water partition coefficient (Wildman–Crippen LogP) is 4.93. The highest BCUT2D eigenvalue weighted by molar-refractivity contribution is 5.75. The number of benzene rings is 1. The Balaban J connectivity index is 0.839. The van der Waals surface area contributed by atoms with Crippen molar-refractivity contribution in [2.45, 2.75) is 58.0 Å². The molecule has 8 rings (SSSR count). The molecule has 9 nitrogen and oxygen atoms in total. The van der Waals surface area contributed by atoms with Crippen molar-refractivity contribution >= 4 is 17.4 Å². The largest absolute Gasteiger partial charge is 0.470 e. The smallest absolute Gasteiger partial charge is 0.258 e. The zero-order chi connectivity index (χ0) is 29.9. The molecule has 5 aliphatic rings. The first kappa shape index (κ1) is 29.0. The molecular weight excluding hydrogens is 550 g/mol. The van der Waals surface area contributed by atoms with Crippen LogP contribution >= 0.6 is 0 Å². The molecule has 3 N–H and O–H groups in total. The molecule has 2 aromatic heterocycles. The topological polar surface area (TPSA) is 110 Å². The predicted molar refractivity (Wildman–Crippen MR) is 172 cm³/mol. The molecule has 1 amide bonds. The molecule has 5 fully saturated rings. The Bertz CT molecular complexity index is 1390. The first-order valence-corrected chi connectivity index (χ1v) is 16.5. The second-order valence-corrected chi connectivity index (χ2v) is 13.8. The molecule has 232 valence electrons. The molecule has 1 aliphatic heterocycles. The number of ether oxygens (including phenoxy) is 1. The average molecular weight is 596 g/mol. The molecule has 3 aromatic rings. The van der Waals surface area contributed by atoms with E-state index in [1.165, 1.54) is 44.2 Å². The Hall–Kier alpha value is -3.72. The maximum Gasteiger partial charge on any atom is 0.258 e. The van der Waals surface area contributed by atoms with Crippen LogP contribution in [0.25, 0.3) is 11.3 Å². The van der Waals surface area contributed by atoms with Gasteiger partial charge >= 0.3 is 0 Å². The van der Waals surface area contributed by atoms with Crippen LogP contribution in [-0.4, -0.2) is 65.0 Å². The number of carbonyl (C=O) groups is 1. The molecule has 0 atom stereocenters. The summed E-state index contributed by atoms with van der Waals surface area (Å²) in [6.07, 6.45) is 15.1. The molecule has 0 unspecified atom stereocenters. The molecular formula is C35H45N7O2. The highest BCUT2D eigenvalue weighted by Gasteiger charge is 2.50.